The molecule has 0 spiro atoms. The van der Waals surface area contributed by atoms with E-state index in [0.717, 1.165) is 5.56 Å². The first-order valence-corrected chi connectivity index (χ1v) is 9.25. The van der Waals surface area contributed by atoms with Gasteiger partial charge in [-0.3, -0.25) is 0 Å². The first-order chi connectivity index (χ1) is 10.3. The quantitative estimate of drug-likeness (QED) is 0.810. The molecule has 1 N–H and O–H groups in total. The van der Waals surface area contributed by atoms with Crippen LogP contribution in [0.2, 0.25) is 15.1 Å². The van der Waals surface area contributed by atoms with E-state index in [9.17, 15) is 8.42 Å². The predicted molar refractivity (Wildman–Crippen MR) is 92.1 cm³/mol. The molecule has 0 bridgehead atoms. The lowest BCUT2D eigenvalue weighted by atomic mass is 10.1. The zero-order valence-corrected chi connectivity index (χ0v) is 14.8. The molecule has 0 amide bonds. The highest BCUT2D eigenvalue weighted by Crippen LogP contribution is 2.25. The molecule has 0 saturated heterocycles. The normalized spacial score (nSPS) is 13.1. The van der Waals surface area contributed by atoms with E-state index in [1.807, 2.05) is 6.07 Å². The maximum Gasteiger partial charge on any atom is 0.216 e. The Balaban J connectivity index is 2.14. The topological polar surface area (TPSA) is 46.2 Å². The number of hydrogen-bond donors (Lipinski definition) is 1. The Bertz CT molecular complexity index is 778. The van der Waals surface area contributed by atoms with Crippen molar-refractivity contribution in [2.45, 2.75) is 18.7 Å². The van der Waals surface area contributed by atoms with Crippen LogP contribution in [0.15, 0.2) is 42.5 Å². The van der Waals surface area contributed by atoms with E-state index >= 15 is 0 Å². The van der Waals surface area contributed by atoms with Crippen LogP contribution in [0, 0.1) is 0 Å². The summed E-state index contributed by atoms with van der Waals surface area (Å²) in [5, 5.41) is 1.24. The highest BCUT2D eigenvalue weighted by atomic mass is 35.5. The zero-order valence-electron chi connectivity index (χ0n) is 11.7. The van der Waals surface area contributed by atoms with Gasteiger partial charge in [0.2, 0.25) is 10.0 Å². The van der Waals surface area contributed by atoms with Crippen molar-refractivity contribution in [2.75, 3.05) is 0 Å². The van der Waals surface area contributed by atoms with Crippen LogP contribution in [0.25, 0.3) is 0 Å². The maximum atomic E-state index is 12.3. The van der Waals surface area contributed by atoms with Crippen molar-refractivity contribution in [1.29, 1.82) is 0 Å². The molecule has 2 aromatic rings. The molecule has 0 fully saturated rings. The van der Waals surface area contributed by atoms with E-state index in [2.05, 4.69) is 4.72 Å². The van der Waals surface area contributed by atoms with Gasteiger partial charge < -0.3 is 0 Å². The molecule has 0 aliphatic carbocycles. The molecule has 3 nitrogen and oxygen atoms in total. The van der Waals surface area contributed by atoms with Gasteiger partial charge in [-0.1, -0.05) is 59.1 Å². The van der Waals surface area contributed by atoms with Crippen LogP contribution in [0.4, 0.5) is 0 Å². The fourth-order valence-electron chi connectivity index (χ4n) is 2.05. The second-order valence-electron chi connectivity index (χ2n) is 4.87. The third-order valence-corrected chi connectivity index (χ3v) is 5.58. The van der Waals surface area contributed by atoms with Crippen molar-refractivity contribution in [2.24, 2.45) is 0 Å². The SMILES string of the molecule is CC(NS(=O)(=O)Cc1ccc(Cl)c(Cl)c1)c1ccccc1Cl. The summed E-state index contributed by atoms with van der Waals surface area (Å²) >= 11 is 17.8. The summed E-state index contributed by atoms with van der Waals surface area (Å²) in [7, 11) is -3.54. The third-order valence-electron chi connectivity index (χ3n) is 3.07. The molecular formula is C15H14Cl3NO2S. The number of sulfonamides is 1. The molecule has 1 unspecified atom stereocenters. The van der Waals surface area contributed by atoms with Gasteiger partial charge in [-0.05, 0) is 36.2 Å². The lowest BCUT2D eigenvalue weighted by Crippen LogP contribution is -2.28. The van der Waals surface area contributed by atoms with Crippen molar-refractivity contribution in [3.8, 4) is 0 Å². The van der Waals surface area contributed by atoms with Gasteiger partial charge in [0, 0.05) is 11.1 Å². The molecule has 7 heteroatoms. The fraction of sp³-hybridized carbons (Fsp3) is 0.200. The van der Waals surface area contributed by atoms with Crippen LogP contribution < -0.4 is 4.72 Å². The number of halogens is 3. The number of rotatable bonds is 5. The molecular weight excluding hydrogens is 365 g/mol. The maximum absolute atomic E-state index is 12.3. The minimum atomic E-state index is -3.54. The molecule has 0 heterocycles. The average Bonchev–Trinajstić information content (AvgIpc) is 2.42. The minimum absolute atomic E-state index is 0.182. The minimum Gasteiger partial charge on any atom is -0.212 e. The van der Waals surface area contributed by atoms with Crippen LogP contribution in [-0.4, -0.2) is 8.42 Å². The molecule has 118 valence electrons. The second kappa shape index (κ2) is 7.20. The number of benzene rings is 2. The Labute approximate surface area is 145 Å². The van der Waals surface area contributed by atoms with Crippen LogP contribution >= 0.6 is 34.8 Å². The Morgan fingerprint density at radius 1 is 1.00 bits per heavy atom. The summed E-state index contributed by atoms with van der Waals surface area (Å²) < 4.78 is 27.1. The lowest BCUT2D eigenvalue weighted by molar-refractivity contribution is 0.566. The highest BCUT2D eigenvalue weighted by molar-refractivity contribution is 7.88. The summed E-state index contributed by atoms with van der Waals surface area (Å²) in [6.45, 7) is 1.74. The Morgan fingerprint density at radius 3 is 2.32 bits per heavy atom. The first-order valence-electron chi connectivity index (χ1n) is 6.47. The largest absolute Gasteiger partial charge is 0.216 e. The van der Waals surface area contributed by atoms with Crippen LogP contribution in [0.5, 0.6) is 0 Å². The summed E-state index contributed by atoms with van der Waals surface area (Å²) in [6, 6.07) is 11.4. The third kappa shape index (κ3) is 4.61. The number of hydrogen-bond acceptors (Lipinski definition) is 2. The molecule has 0 aliphatic heterocycles. The monoisotopic (exact) mass is 377 g/mol. The number of nitrogens with one attached hydrogen (secondary N) is 1. The van der Waals surface area contributed by atoms with Gasteiger partial charge in [-0.15, -0.1) is 0 Å². The fourth-order valence-corrected chi connectivity index (χ4v) is 4.04. The summed E-state index contributed by atoms with van der Waals surface area (Å²) in [5.41, 5.74) is 1.29. The van der Waals surface area contributed by atoms with E-state index in [0.29, 0.717) is 20.6 Å². The standard InChI is InChI=1S/C15H14Cl3NO2S/c1-10(12-4-2-3-5-13(12)16)19-22(20,21)9-11-6-7-14(17)15(18)8-11/h2-8,10,19H,9H2,1H3. The van der Waals surface area contributed by atoms with Gasteiger partial charge in [0.05, 0.1) is 15.8 Å². The summed E-state index contributed by atoms with van der Waals surface area (Å²) in [5.74, 6) is -0.182. The Hall–Kier alpha value is -0.780. The zero-order chi connectivity index (χ0) is 16.3. The molecule has 1 atom stereocenters. The molecule has 0 radical (unpaired) electrons. The molecule has 2 rings (SSSR count). The van der Waals surface area contributed by atoms with Crippen LogP contribution in [0.1, 0.15) is 24.1 Å². The van der Waals surface area contributed by atoms with Gasteiger partial charge in [0.1, 0.15) is 0 Å². The van der Waals surface area contributed by atoms with Crippen LogP contribution in [0.3, 0.4) is 0 Å². The molecule has 0 saturated carbocycles. The highest BCUT2D eigenvalue weighted by Gasteiger charge is 2.18. The summed E-state index contributed by atoms with van der Waals surface area (Å²) in [4.78, 5) is 0. The molecule has 2 aromatic carbocycles. The van der Waals surface area contributed by atoms with Crippen molar-refractivity contribution >= 4 is 44.8 Å². The van der Waals surface area contributed by atoms with Gasteiger partial charge in [-0.2, -0.15) is 0 Å². The van der Waals surface area contributed by atoms with E-state index in [4.69, 9.17) is 34.8 Å². The van der Waals surface area contributed by atoms with E-state index in [1.165, 1.54) is 0 Å². The van der Waals surface area contributed by atoms with Gasteiger partial charge >= 0.3 is 0 Å². The van der Waals surface area contributed by atoms with Crippen molar-refractivity contribution in [3.05, 3.63) is 68.7 Å². The second-order valence-corrected chi connectivity index (χ2v) is 7.84. The summed E-state index contributed by atoms with van der Waals surface area (Å²) in [6.07, 6.45) is 0. The van der Waals surface area contributed by atoms with Crippen LogP contribution in [-0.2, 0) is 15.8 Å². The molecule has 22 heavy (non-hydrogen) atoms. The Morgan fingerprint density at radius 2 is 1.68 bits per heavy atom. The first kappa shape index (κ1) is 17.6. The van der Waals surface area contributed by atoms with Gasteiger partial charge in [0.25, 0.3) is 0 Å². The van der Waals surface area contributed by atoms with E-state index in [1.54, 1.807) is 43.3 Å². The Kier molecular flexibility index (Phi) is 5.75. The van der Waals surface area contributed by atoms with E-state index in [-0.39, 0.29) is 5.75 Å². The molecule has 0 aliphatic rings. The van der Waals surface area contributed by atoms with Crippen molar-refractivity contribution in [3.63, 3.8) is 0 Å². The average molecular weight is 379 g/mol. The van der Waals surface area contributed by atoms with Crippen molar-refractivity contribution < 1.29 is 8.42 Å². The smallest absolute Gasteiger partial charge is 0.212 e. The van der Waals surface area contributed by atoms with Crippen molar-refractivity contribution in [1.82, 2.24) is 4.72 Å². The molecule has 0 aromatic heterocycles. The van der Waals surface area contributed by atoms with Gasteiger partial charge in [0.15, 0.2) is 0 Å². The predicted octanol–water partition coefficient (Wildman–Crippen LogP) is 4.83. The lowest BCUT2D eigenvalue weighted by Gasteiger charge is -2.16. The van der Waals surface area contributed by atoms with E-state index < -0.39 is 16.1 Å². The van der Waals surface area contributed by atoms with Gasteiger partial charge in [-0.25, -0.2) is 13.1 Å².